The molecule has 0 spiro atoms. The average Bonchev–Trinajstić information content (AvgIpc) is 3.34. The molecule has 1 rings (SSSR count). The van der Waals surface area contributed by atoms with Crippen LogP contribution < -0.4 is 4.57 Å². The molecule has 0 aliphatic carbocycles. The summed E-state index contributed by atoms with van der Waals surface area (Å²) in [6.45, 7) is 9.44. The summed E-state index contributed by atoms with van der Waals surface area (Å²) in [5, 5.41) is 0. The third-order valence-corrected chi connectivity index (χ3v) is 7.90. The van der Waals surface area contributed by atoms with Crippen molar-refractivity contribution in [2.24, 2.45) is 0 Å². The van der Waals surface area contributed by atoms with E-state index in [2.05, 4.69) is 49.6 Å². The Kier molecular flexibility index (Phi) is 20.8. The highest BCUT2D eigenvalue weighted by molar-refractivity contribution is 4.87. The van der Waals surface area contributed by atoms with Crippen molar-refractivity contribution in [1.82, 2.24) is 4.98 Å². The van der Waals surface area contributed by atoms with Gasteiger partial charge in [-0.1, -0.05) is 149 Å². The lowest BCUT2D eigenvalue weighted by Gasteiger charge is -2.14. The first-order valence-electron chi connectivity index (χ1n) is 15.8. The van der Waals surface area contributed by atoms with Crippen LogP contribution in [0.4, 0.5) is 0 Å². The number of nitrogens with one attached hydrogen (secondary N) is 1. The van der Waals surface area contributed by atoms with Gasteiger partial charge in [-0.25, -0.2) is 9.55 Å². The van der Waals surface area contributed by atoms with E-state index < -0.39 is 0 Å². The van der Waals surface area contributed by atoms with Gasteiger partial charge in [0, 0.05) is 0 Å². The average molecular weight is 476 g/mol. The van der Waals surface area contributed by atoms with E-state index in [1.807, 2.05) is 0 Å². The van der Waals surface area contributed by atoms with Crippen molar-refractivity contribution in [1.29, 1.82) is 0 Å². The molecule has 200 valence electrons. The predicted molar refractivity (Wildman–Crippen MR) is 152 cm³/mol. The first-order valence-corrected chi connectivity index (χ1v) is 15.8. The van der Waals surface area contributed by atoms with E-state index in [0.717, 1.165) is 0 Å². The summed E-state index contributed by atoms with van der Waals surface area (Å²) in [6, 6.07) is 0.621. The minimum absolute atomic E-state index is 0.621. The molecule has 0 amide bonds. The molecule has 2 heteroatoms. The molecule has 2 unspecified atom stereocenters. The molecular formula is C32H63N2+. The fraction of sp³-hybridized carbons (Fsp3) is 0.906. The number of nitrogens with zero attached hydrogens (tertiary/aromatic N) is 1. The van der Waals surface area contributed by atoms with Gasteiger partial charge in [0.2, 0.25) is 0 Å². The third kappa shape index (κ3) is 16.0. The smallest absolute Gasteiger partial charge is 0.247 e. The van der Waals surface area contributed by atoms with Crippen LogP contribution >= 0.6 is 0 Å². The molecule has 1 heterocycles. The molecule has 2 nitrogen and oxygen atoms in total. The zero-order chi connectivity index (χ0) is 24.7. The first-order chi connectivity index (χ1) is 16.7. The van der Waals surface area contributed by atoms with Crippen LogP contribution in [0.1, 0.15) is 193 Å². The predicted octanol–water partition coefficient (Wildman–Crippen LogP) is 11.0. The second kappa shape index (κ2) is 22.7. The summed E-state index contributed by atoms with van der Waals surface area (Å²) < 4.78 is 2.54. The largest absolute Gasteiger partial charge is 0.257 e. The first kappa shape index (κ1) is 31.2. The molecule has 0 saturated carbocycles. The Morgan fingerprint density at radius 1 is 0.559 bits per heavy atom. The van der Waals surface area contributed by atoms with Crippen molar-refractivity contribution in [3.63, 3.8) is 0 Å². The van der Waals surface area contributed by atoms with E-state index in [9.17, 15) is 0 Å². The van der Waals surface area contributed by atoms with Crippen molar-refractivity contribution in [3.8, 4) is 0 Å². The summed E-state index contributed by atoms with van der Waals surface area (Å²) in [6.07, 6.45) is 37.1. The molecule has 0 aliphatic rings. The van der Waals surface area contributed by atoms with Crippen molar-refractivity contribution >= 4 is 0 Å². The SMILES string of the molecule is CCCCCCCCCCCCCCCC(C)c1[nH]cc[n+]1C(C)CCCCCCCCCC. The third-order valence-electron chi connectivity index (χ3n) is 7.90. The lowest BCUT2D eigenvalue weighted by Crippen LogP contribution is -2.40. The van der Waals surface area contributed by atoms with Crippen molar-refractivity contribution in [2.45, 2.75) is 187 Å². The summed E-state index contributed by atoms with van der Waals surface area (Å²) in [7, 11) is 0. The number of imidazole rings is 1. The van der Waals surface area contributed by atoms with Crippen molar-refractivity contribution in [2.75, 3.05) is 0 Å². The molecule has 1 aromatic heterocycles. The Balaban J connectivity index is 2.05. The Labute approximate surface area is 215 Å². The molecule has 0 saturated heterocycles. The lowest BCUT2D eigenvalue weighted by atomic mass is 9.99. The maximum atomic E-state index is 3.58. The van der Waals surface area contributed by atoms with Crippen LogP contribution in [0.2, 0.25) is 0 Å². The van der Waals surface area contributed by atoms with Gasteiger partial charge in [-0.3, -0.25) is 0 Å². The second-order valence-electron chi connectivity index (χ2n) is 11.3. The molecule has 2 atom stereocenters. The maximum absolute atomic E-state index is 3.58. The molecule has 0 fully saturated rings. The minimum atomic E-state index is 0.621. The quantitative estimate of drug-likeness (QED) is 0.107. The lowest BCUT2D eigenvalue weighted by molar-refractivity contribution is -0.727. The summed E-state index contributed by atoms with van der Waals surface area (Å²) in [5.74, 6) is 2.09. The van der Waals surface area contributed by atoms with E-state index in [1.54, 1.807) is 0 Å². The fourth-order valence-electron chi connectivity index (χ4n) is 5.46. The molecule has 1 N–H and O–H groups in total. The Morgan fingerprint density at radius 2 is 0.941 bits per heavy atom. The molecule has 0 bridgehead atoms. The van der Waals surface area contributed by atoms with E-state index in [4.69, 9.17) is 0 Å². The van der Waals surface area contributed by atoms with Crippen LogP contribution in [0.25, 0.3) is 0 Å². The minimum Gasteiger partial charge on any atom is -0.247 e. The second-order valence-corrected chi connectivity index (χ2v) is 11.3. The molecule has 0 radical (unpaired) electrons. The zero-order valence-corrected chi connectivity index (χ0v) is 24.0. The van der Waals surface area contributed by atoms with Crippen LogP contribution in [0.15, 0.2) is 12.4 Å². The number of aromatic amines is 1. The van der Waals surface area contributed by atoms with Gasteiger partial charge in [0.15, 0.2) is 0 Å². The zero-order valence-electron chi connectivity index (χ0n) is 24.0. The van der Waals surface area contributed by atoms with Gasteiger partial charge in [-0.15, -0.1) is 0 Å². The summed E-state index contributed by atoms with van der Waals surface area (Å²) >= 11 is 0. The monoisotopic (exact) mass is 475 g/mol. The van der Waals surface area contributed by atoms with Gasteiger partial charge in [-0.2, -0.15) is 0 Å². The maximum Gasteiger partial charge on any atom is 0.257 e. The van der Waals surface area contributed by atoms with Gasteiger partial charge in [-0.05, 0) is 26.2 Å². The van der Waals surface area contributed by atoms with Crippen LogP contribution in [-0.4, -0.2) is 4.98 Å². The van der Waals surface area contributed by atoms with Gasteiger partial charge in [0.1, 0.15) is 12.4 Å². The molecule has 0 aromatic carbocycles. The summed E-state index contributed by atoms with van der Waals surface area (Å²) in [5.41, 5.74) is 0. The van der Waals surface area contributed by atoms with Crippen molar-refractivity contribution < 1.29 is 4.57 Å². The highest BCUT2D eigenvalue weighted by Crippen LogP contribution is 2.21. The number of hydrogen-bond donors (Lipinski definition) is 1. The van der Waals surface area contributed by atoms with Crippen LogP contribution in [0.3, 0.4) is 0 Å². The van der Waals surface area contributed by atoms with Gasteiger partial charge < -0.3 is 0 Å². The van der Waals surface area contributed by atoms with Crippen molar-refractivity contribution in [3.05, 3.63) is 18.2 Å². The van der Waals surface area contributed by atoms with E-state index in [-0.39, 0.29) is 0 Å². The van der Waals surface area contributed by atoms with E-state index in [1.165, 1.54) is 154 Å². The summed E-state index contributed by atoms with van der Waals surface area (Å²) in [4.78, 5) is 3.58. The Bertz CT molecular complexity index is 535. The number of hydrogen-bond acceptors (Lipinski definition) is 0. The topological polar surface area (TPSA) is 19.7 Å². The number of rotatable bonds is 25. The van der Waals surface area contributed by atoms with Gasteiger partial charge in [0.05, 0.1) is 12.0 Å². The normalized spacial score (nSPS) is 13.4. The fourth-order valence-corrected chi connectivity index (χ4v) is 5.46. The molecule has 34 heavy (non-hydrogen) atoms. The van der Waals surface area contributed by atoms with Gasteiger partial charge in [0.25, 0.3) is 5.82 Å². The van der Waals surface area contributed by atoms with Crippen LogP contribution in [0.5, 0.6) is 0 Å². The highest BCUT2D eigenvalue weighted by atomic mass is 15.1. The Morgan fingerprint density at radius 3 is 1.38 bits per heavy atom. The molecule has 0 aliphatic heterocycles. The van der Waals surface area contributed by atoms with Crippen LogP contribution in [0, 0.1) is 0 Å². The number of unbranched alkanes of at least 4 members (excludes halogenated alkanes) is 19. The highest BCUT2D eigenvalue weighted by Gasteiger charge is 2.22. The Hall–Kier alpha value is -0.790. The molecule has 1 aromatic rings. The number of aromatic nitrogens is 2. The van der Waals surface area contributed by atoms with E-state index >= 15 is 0 Å². The van der Waals surface area contributed by atoms with E-state index in [0.29, 0.717) is 12.0 Å². The standard InChI is InChI=1S/C32H62N2/c1-5-7-9-11-13-15-16-17-18-19-20-22-24-26-30(3)32-33-28-29-34(32)31(4)27-25-23-21-14-12-10-8-6-2/h28-31H,5-27H2,1-4H3/p+1. The van der Waals surface area contributed by atoms with Gasteiger partial charge >= 0.3 is 0 Å². The molecular weight excluding hydrogens is 412 g/mol. The number of H-pyrrole nitrogens is 1. The van der Waals surface area contributed by atoms with Crippen LogP contribution in [-0.2, 0) is 0 Å².